The van der Waals surface area contributed by atoms with Gasteiger partial charge in [0.25, 0.3) is 0 Å². The molecule has 0 radical (unpaired) electrons. The molecule has 3 aromatic carbocycles. The molecule has 1 amide bonds. The molecule has 0 spiro atoms. The number of benzene rings is 3. The standard InChI is InChI=1S/C29H31NO7/c1-32-22-11-12-23(30-28(31)14-9-19-8-13-24(33-2)25(15-19)34-3)21(18-22)10-7-20-16-26(35-4)29(37-6)27(17-20)36-5/h7-18H,1-6H3,(H,30,31)/b10-7+,14-9+. The Morgan fingerprint density at radius 2 is 1.27 bits per heavy atom. The second-order valence-electron chi connectivity index (χ2n) is 7.68. The molecule has 0 atom stereocenters. The summed E-state index contributed by atoms with van der Waals surface area (Å²) in [7, 11) is 9.41. The van der Waals surface area contributed by atoms with E-state index in [9.17, 15) is 4.79 Å². The van der Waals surface area contributed by atoms with Crippen LogP contribution in [0.3, 0.4) is 0 Å². The van der Waals surface area contributed by atoms with Crippen molar-refractivity contribution in [1.82, 2.24) is 0 Å². The van der Waals surface area contributed by atoms with Gasteiger partial charge >= 0.3 is 0 Å². The van der Waals surface area contributed by atoms with E-state index in [0.29, 0.717) is 40.2 Å². The van der Waals surface area contributed by atoms with E-state index in [1.807, 2.05) is 36.4 Å². The normalized spacial score (nSPS) is 10.9. The lowest BCUT2D eigenvalue weighted by atomic mass is 10.1. The molecule has 3 rings (SSSR count). The zero-order valence-electron chi connectivity index (χ0n) is 21.8. The molecule has 194 valence electrons. The van der Waals surface area contributed by atoms with Crippen molar-refractivity contribution < 1.29 is 33.2 Å². The van der Waals surface area contributed by atoms with Crippen molar-refractivity contribution in [3.05, 3.63) is 71.3 Å². The van der Waals surface area contributed by atoms with E-state index in [1.54, 1.807) is 73.0 Å². The molecule has 1 N–H and O–H groups in total. The van der Waals surface area contributed by atoms with Gasteiger partial charge in [0.1, 0.15) is 5.75 Å². The largest absolute Gasteiger partial charge is 0.497 e. The van der Waals surface area contributed by atoms with Gasteiger partial charge in [-0.05, 0) is 59.7 Å². The number of carbonyl (C=O) groups is 1. The predicted octanol–water partition coefficient (Wildman–Crippen LogP) is 5.56. The van der Waals surface area contributed by atoms with Gasteiger partial charge < -0.3 is 33.7 Å². The molecular formula is C29H31NO7. The first-order chi connectivity index (χ1) is 18.0. The third kappa shape index (κ3) is 6.76. The number of carbonyl (C=O) groups excluding carboxylic acids is 1. The average Bonchev–Trinajstić information content (AvgIpc) is 2.94. The van der Waals surface area contributed by atoms with Crippen LogP contribution in [0.1, 0.15) is 16.7 Å². The third-order valence-electron chi connectivity index (χ3n) is 5.49. The van der Waals surface area contributed by atoms with Crippen molar-refractivity contribution in [3.63, 3.8) is 0 Å². The molecule has 0 bridgehead atoms. The van der Waals surface area contributed by atoms with E-state index in [1.165, 1.54) is 6.08 Å². The van der Waals surface area contributed by atoms with Gasteiger partial charge in [0, 0.05) is 17.3 Å². The highest BCUT2D eigenvalue weighted by Gasteiger charge is 2.12. The van der Waals surface area contributed by atoms with E-state index in [0.717, 1.165) is 16.7 Å². The highest BCUT2D eigenvalue weighted by atomic mass is 16.5. The highest BCUT2D eigenvalue weighted by Crippen LogP contribution is 2.39. The van der Waals surface area contributed by atoms with Crippen LogP contribution in [0, 0.1) is 0 Å². The van der Waals surface area contributed by atoms with Gasteiger partial charge in [-0.3, -0.25) is 4.79 Å². The van der Waals surface area contributed by atoms with Crippen molar-refractivity contribution in [2.75, 3.05) is 48.0 Å². The molecule has 0 saturated heterocycles. The maximum atomic E-state index is 12.7. The topological polar surface area (TPSA) is 84.5 Å². The Balaban J connectivity index is 1.85. The first-order valence-electron chi connectivity index (χ1n) is 11.3. The number of rotatable bonds is 11. The number of amides is 1. The lowest BCUT2D eigenvalue weighted by molar-refractivity contribution is -0.111. The fraction of sp³-hybridized carbons (Fsp3) is 0.207. The maximum Gasteiger partial charge on any atom is 0.248 e. The second kappa shape index (κ2) is 12.9. The number of nitrogens with one attached hydrogen (secondary N) is 1. The molecule has 0 unspecified atom stereocenters. The summed E-state index contributed by atoms with van der Waals surface area (Å²) in [6.07, 6.45) is 6.91. The van der Waals surface area contributed by atoms with Gasteiger partial charge in [-0.2, -0.15) is 0 Å². The summed E-state index contributed by atoms with van der Waals surface area (Å²) in [6, 6.07) is 14.5. The predicted molar refractivity (Wildman–Crippen MR) is 145 cm³/mol. The Morgan fingerprint density at radius 3 is 1.86 bits per heavy atom. The molecular weight excluding hydrogens is 474 g/mol. The Hall–Kier alpha value is -4.59. The number of hydrogen-bond acceptors (Lipinski definition) is 7. The van der Waals surface area contributed by atoms with Crippen LogP contribution in [-0.2, 0) is 4.79 Å². The number of anilines is 1. The minimum absolute atomic E-state index is 0.289. The fourth-order valence-corrected chi connectivity index (χ4v) is 3.61. The summed E-state index contributed by atoms with van der Waals surface area (Å²) in [5.41, 5.74) is 2.99. The van der Waals surface area contributed by atoms with Crippen LogP contribution in [0.25, 0.3) is 18.2 Å². The van der Waals surface area contributed by atoms with Crippen molar-refractivity contribution in [2.45, 2.75) is 0 Å². The highest BCUT2D eigenvalue weighted by molar-refractivity contribution is 6.03. The van der Waals surface area contributed by atoms with Gasteiger partial charge in [0.05, 0.1) is 42.7 Å². The van der Waals surface area contributed by atoms with Crippen LogP contribution >= 0.6 is 0 Å². The average molecular weight is 506 g/mol. The number of ether oxygens (including phenoxy) is 6. The van der Waals surface area contributed by atoms with Crippen LogP contribution in [0.2, 0.25) is 0 Å². The Kier molecular flexibility index (Phi) is 9.43. The summed E-state index contributed by atoms with van der Waals surface area (Å²) >= 11 is 0. The quantitative estimate of drug-likeness (QED) is 0.270. The van der Waals surface area contributed by atoms with Crippen LogP contribution in [-0.4, -0.2) is 48.6 Å². The van der Waals surface area contributed by atoms with E-state index < -0.39 is 0 Å². The fourth-order valence-electron chi connectivity index (χ4n) is 3.61. The summed E-state index contributed by atoms with van der Waals surface area (Å²) in [6.45, 7) is 0. The van der Waals surface area contributed by atoms with Crippen molar-refractivity contribution >= 4 is 29.8 Å². The molecule has 8 heteroatoms. The van der Waals surface area contributed by atoms with Crippen LogP contribution in [0.4, 0.5) is 5.69 Å². The monoisotopic (exact) mass is 505 g/mol. The van der Waals surface area contributed by atoms with Gasteiger partial charge in [0.15, 0.2) is 23.0 Å². The third-order valence-corrected chi connectivity index (χ3v) is 5.49. The van der Waals surface area contributed by atoms with Crippen molar-refractivity contribution in [2.24, 2.45) is 0 Å². The van der Waals surface area contributed by atoms with E-state index in [-0.39, 0.29) is 5.91 Å². The Morgan fingerprint density at radius 1 is 0.622 bits per heavy atom. The molecule has 0 heterocycles. The maximum absolute atomic E-state index is 12.7. The first kappa shape index (κ1) is 27.0. The molecule has 37 heavy (non-hydrogen) atoms. The summed E-state index contributed by atoms with van der Waals surface area (Å²) in [5.74, 6) is 3.16. The van der Waals surface area contributed by atoms with Gasteiger partial charge in [-0.15, -0.1) is 0 Å². The van der Waals surface area contributed by atoms with Crippen molar-refractivity contribution in [3.8, 4) is 34.5 Å². The summed E-state index contributed by atoms with van der Waals surface area (Å²) < 4.78 is 32.2. The first-order valence-corrected chi connectivity index (χ1v) is 11.3. The second-order valence-corrected chi connectivity index (χ2v) is 7.68. The molecule has 0 aromatic heterocycles. The number of hydrogen-bond donors (Lipinski definition) is 1. The van der Waals surface area contributed by atoms with E-state index >= 15 is 0 Å². The van der Waals surface area contributed by atoms with E-state index in [2.05, 4.69) is 5.32 Å². The zero-order chi connectivity index (χ0) is 26.8. The van der Waals surface area contributed by atoms with Gasteiger partial charge in [0.2, 0.25) is 11.7 Å². The lowest BCUT2D eigenvalue weighted by Crippen LogP contribution is -2.09. The summed E-state index contributed by atoms with van der Waals surface area (Å²) in [5, 5.41) is 2.93. The Labute approximate surface area is 217 Å². The zero-order valence-corrected chi connectivity index (χ0v) is 21.8. The minimum Gasteiger partial charge on any atom is -0.497 e. The van der Waals surface area contributed by atoms with E-state index in [4.69, 9.17) is 28.4 Å². The molecule has 0 aliphatic rings. The minimum atomic E-state index is -0.289. The smallest absolute Gasteiger partial charge is 0.248 e. The van der Waals surface area contributed by atoms with Crippen molar-refractivity contribution in [1.29, 1.82) is 0 Å². The molecule has 0 aliphatic carbocycles. The molecule has 3 aromatic rings. The molecule has 0 saturated carbocycles. The molecule has 0 fully saturated rings. The van der Waals surface area contributed by atoms with Gasteiger partial charge in [-0.25, -0.2) is 0 Å². The molecule has 0 aliphatic heterocycles. The lowest BCUT2D eigenvalue weighted by Gasteiger charge is -2.13. The van der Waals surface area contributed by atoms with Crippen LogP contribution in [0.15, 0.2) is 54.6 Å². The Bertz CT molecular complexity index is 1270. The SMILES string of the molecule is COc1ccc(NC(=O)/C=C/c2ccc(OC)c(OC)c2)c(/C=C/c2cc(OC)c(OC)c(OC)c2)c1. The van der Waals surface area contributed by atoms with Crippen LogP contribution in [0.5, 0.6) is 34.5 Å². The molecule has 8 nitrogen and oxygen atoms in total. The van der Waals surface area contributed by atoms with Crippen LogP contribution < -0.4 is 33.7 Å². The number of methoxy groups -OCH3 is 6. The summed E-state index contributed by atoms with van der Waals surface area (Å²) in [4.78, 5) is 12.7. The van der Waals surface area contributed by atoms with Gasteiger partial charge in [-0.1, -0.05) is 18.2 Å².